The Bertz CT molecular complexity index is 424. The van der Waals surface area contributed by atoms with Gasteiger partial charge in [0.2, 0.25) is 0 Å². The van der Waals surface area contributed by atoms with E-state index in [1.807, 2.05) is 6.07 Å². The van der Waals surface area contributed by atoms with Gasteiger partial charge in [-0.3, -0.25) is 4.79 Å². The van der Waals surface area contributed by atoms with E-state index in [1.54, 1.807) is 12.3 Å². The van der Waals surface area contributed by atoms with Crippen LogP contribution in [-0.2, 0) is 0 Å². The van der Waals surface area contributed by atoms with Gasteiger partial charge in [0, 0.05) is 23.3 Å². The van der Waals surface area contributed by atoms with Gasteiger partial charge >= 0.3 is 0 Å². The number of halogens is 1. The molecule has 0 aliphatic carbocycles. The van der Waals surface area contributed by atoms with E-state index in [9.17, 15) is 4.79 Å². The first-order valence-electron chi connectivity index (χ1n) is 6.27. The zero-order valence-electron chi connectivity index (χ0n) is 10.5. The lowest BCUT2D eigenvalue weighted by Gasteiger charge is -2.32. The number of piperidine rings is 1. The van der Waals surface area contributed by atoms with Gasteiger partial charge in [0.05, 0.1) is 0 Å². The quantitative estimate of drug-likeness (QED) is 0.929. The number of carbonyl (C=O) groups is 1. The van der Waals surface area contributed by atoms with Crippen molar-refractivity contribution >= 4 is 21.8 Å². The number of carbonyl (C=O) groups excluding carboxylic acids is 1. The minimum absolute atomic E-state index is 0.110. The number of likely N-dealkylation sites (tertiary alicyclic amines) is 1. The first-order valence-corrected chi connectivity index (χ1v) is 7.06. The second kappa shape index (κ2) is 6.29. The molecule has 0 saturated carbocycles. The molecular formula is C13H18BrN3O. The monoisotopic (exact) mass is 311 g/mol. The van der Waals surface area contributed by atoms with Crippen molar-refractivity contribution in [3.05, 3.63) is 28.5 Å². The van der Waals surface area contributed by atoms with Gasteiger partial charge in [-0.25, -0.2) is 4.98 Å². The Morgan fingerprint density at radius 3 is 3.17 bits per heavy atom. The van der Waals surface area contributed by atoms with E-state index in [2.05, 4.69) is 38.2 Å². The van der Waals surface area contributed by atoms with Crippen molar-refractivity contribution in [3.63, 3.8) is 0 Å². The van der Waals surface area contributed by atoms with Gasteiger partial charge in [-0.1, -0.05) is 6.42 Å². The standard InChI is InChI=1S/C13H18BrN3O/c1-17-8-3-2-5-10(17)9-16-13(18)12-11(14)6-4-7-15-12/h4,6-7,10H,2-3,5,8-9H2,1H3,(H,16,18). The summed E-state index contributed by atoms with van der Waals surface area (Å²) in [4.78, 5) is 18.4. The Morgan fingerprint density at radius 1 is 1.61 bits per heavy atom. The molecule has 1 aliphatic rings. The van der Waals surface area contributed by atoms with E-state index in [0.29, 0.717) is 18.3 Å². The molecule has 1 aliphatic heterocycles. The zero-order valence-corrected chi connectivity index (χ0v) is 12.1. The molecular weight excluding hydrogens is 294 g/mol. The van der Waals surface area contributed by atoms with Crippen LogP contribution >= 0.6 is 15.9 Å². The maximum atomic E-state index is 12.0. The molecule has 0 radical (unpaired) electrons. The number of nitrogens with zero attached hydrogens (tertiary/aromatic N) is 2. The van der Waals surface area contributed by atoms with Gasteiger partial charge in [0.1, 0.15) is 5.69 Å². The van der Waals surface area contributed by atoms with Gasteiger partial charge in [-0.15, -0.1) is 0 Å². The van der Waals surface area contributed by atoms with E-state index in [4.69, 9.17) is 0 Å². The van der Waals surface area contributed by atoms with Crippen LogP contribution in [-0.4, -0.2) is 42.0 Å². The normalized spacial score (nSPS) is 20.7. The van der Waals surface area contributed by atoms with Crippen LogP contribution in [0.2, 0.25) is 0 Å². The minimum atomic E-state index is -0.110. The van der Waals surface area contributed by atoms with Crippen molar-refractivity contribution in [1.82, 2.24) is 15.2 Å². The molecule has 1 aromatic heterocycles. The molecule has 18 heavy (non-hydrogen) atoms. The third-order valence-electron chi connectivity index (χ3n) is 3.39. The van der Waals surface area contributed by atoms with Crippen LogP contribution in [0.1, 0.15) is 29.8 Å². The molecule has 2 rings (SSSR count). The highest BCUT2D eigenvalue weighted by Gasteiger charge is 2.20. The lowest BCUT2D eigenvalue weighted by Crippen LogP contribution is -2.44. The summed E-state index contributed by atoms with van der Waals surface area (Å²) in [7, 11) is 2.12. The number of aromatic nitrogens is 1. The molecule has 1 amide bonds. The number of likely N-dealkylation sites (N-methyl/N-ethyl adjacent to an activating group) is 1. The molecule has 0 aromatic carbocycles. The Hall–Kier alpha value is -0.940. The topological polar surface area (TPSA) is 45.2 Å². The molecule has 4 nitrogen and oxygen atoms in total. The first kappa shape index (κ1) is 13.5. The fraction of sp³-hybridized carbons (Fsp3) is 0.538. The molecule has 1 fully saturated rings. The molecule has 5 heteroatoms. The highest BCUT2D eigenvalue weighted by Crippen LogP contribution is 2.15. The molecule has 0 spiro atoms. The summed E-state index contributed by atoms with van der Waals surface area (Å²) < 4.78 is 0.736. The number of amides is 1. The average Bonchev–Trinajstić information content (AvgIpc) is 2.38. The summed E-state index contributed by atoms with van der Waals surface area (Å²) >= 11 is 3.34. The van der Waals surface area contributed by atoms with Crippen LogP contribution in [0, 0.1) is 0 Å². The Labute approximate surface area is 116 Å². The zero-order chi connectivity index (χ0) is 13.0. The fourth-order valence-electron chi connectivity index (χ4n) is 2.25. The first-order chi connectivity index (χ1) is 8.68. The number of rotatable bonds is 3. The maximum Gasteiger partial charge on any atom is 0.271 e. The van der Waals surface area contributed by atoms with E-state index >= 15 is 0 Å². The second-order valence-corrected chi connectivity index (χ2v) is 5.53. The summed E-state index contributed by atoms with van der Waals surface area (Å²) in [6, 6.07) is 4.08. The third kappa shape index (κ3) is 3.29. The van der Waals surface area contributed by atoms with Crippen molar-refractivity contribution < 1.29 is 4.79 Å². The largest absolute Gasteiger partial charge is 0.349 e. The molecule has 0 bridgehead atoms. The van der Waals surface area contributed by atoms with Crippen LogP contribution < -0.4 is 5.32 Å². The van der Waals surface area contributed by atoms with E-state index < -0.39 is 0 Å². The van der Waals surface area contributed by atoms with Crippen LogP contribution in [0.5, 0.6) is 0 Å². The van der Waals surface area contributed by atoms with E-state index in [1.165, 1.54) is 12.8 Å². The van der Waals surface area contributed by atoms with Gasteiger partial charge in [0.15, 0.2) is 0 Å². The molecule has 1 N–H and O–H groups in total. The van der Waals surface area contributed by atoms with Crippen LogP contribution in [0.25, 0.3) is 0 Å². The summed E-state index contributed by atoms with van der Waals surface area (Å²) in [5.41, 5.74) is 0.455. The lowest BCUT2D eigenvalue weighted by molar-refractivity contribution is 0.0922. The fourth-order valence-corrected chi connectivity index (χ4v) is 2.68. The average molecular weight is 312 g/mol. The van der Waals surface area contributed by atoms with Gasteiger partial charge < -0.3 is 10.2 Å². The van der Waals surface area contributed by atoms with Crippen LogP contribution in [0.4, 0.5) is 0 Å². The minimum Gasteiger partial charge on any atom is -0.349 e. The summed E-state index contributed by atoms with van der Waals surface area (Å²) in [5.74, 6) is -0.110. The number of pyridine rings is 1. The maximum absolute atomic E-state index is 12.0. The highest BCUT2D eigenvalue weighted by molar-refractivity contribution is 9.10. The highest BCUT2D eigenvalue weighted by atomic mass is 79.9. The van der Waals surface area contributed by atoms with Crippen molar-refractivity contribution in [1.29, 1.82) is 0 Å². The number of hydrogen-bond donors (Lipinski definition) is 1. The predicted molar refractivity (Wildman–Crippen MR) is 74.5 cm³/mol. The SMILES string of the molecule is CN1CCCCC1CNC(=O)c1ncccc1Br. The van der Waals surface area contributed by atoms with Gasteiger partial charge in [-0.2, -0.15) is 0 Å². The smallest absolute Gasteiger partial charge is 0.271 e. The van der Waals surface area contributed by atoms with Crippen molar-refractivity contribution in [2.75, 3.05) is 20.1 Å². The summed E-state index contributed by atoms with van der Waals surface area (Å²) in [5, 5.41) is 2.97. The second-order valence-electron chi connectivity index (χ2n) is 4.67. The van der Waals surface area contributed by atoms with Gasteiger partial charge in [-0.05, 0) is 54.5 Å². The lowest BCUT2D eigenvalue weighted by atomic mass is 10.0. The third-order valence-corrected chi connectivity index (χ3v) is 4.03. The molecule has 98 valence electrons. The summed E-state index contributed by atoms with van der Waals surface area (Å²) in [6.45, 7) is 1.81. The number of hydrogen-bond acceptors (Lipinski definition) is 3. The Balaban J connectivity index is 1.90. The molecule has 1 unspecified atom stereocenters. The molecule has 1 atom stereocenters. The summed E-state index contributed by atoms with van der Waals surface area (Å²) in [6.07, 6.45) is 5.29. The molecule has 2 heterocycles. The van der Waals surface area contributed by atoms with Gasteiger partial charge in [0.25, 0.3) is 5.91 Å². The van der Waals surface area contributed by atoms with Crippen molar-refractivity contribution in [2.24, 2.45) is 0 Å². The van der Waals surface area contributed by atoms with E-state index in [-0.39, 0.29) is 5.91 Å². The van der Waals surface area contributed by atoms with Crippen molar-refractivity contribution in [3.8, 4) is 0 Å². The Kier molecular flexibility index (Phi) is 4.72. The number of nitrogens with one attached hydrogen (secondary N) is 1. The molecule has 1 aromatic rings. The Morgan fingerprint density at radius 2 is 2.44 bits per heavy atom. The van der Waals surface area contributed by atoms with E-state index in [0.717, 1.165) is 17.4 Å². The van der Waals surface area contributed by atoms with Crippen LogP contribution in [0.3, 0.4) is 0 Å². The van der Waals surface area contributed by atoms with Crippen LogP contribution in [0.15, 0.2) is 22.8 Å². The molecule has 1 saturated heterocycles. The predicted octanol–water partition coefficient (Wildman–Crippen LogP) is 2.06. The van der Waals surface area contributed by atoms with Crippen molar-refractivity contribution in [2.45, 2.75) is 25.3 Å².